The Morgan fingerprint density at radius 1 is 1.12 bits per heavy atom. The van der Waals surface area contributed by atoms with Crippen molar-refractivity contribution < 1.29 is 9.22 Å². The van der Waals surface area contributed by atoms with Crippen molar-refractivity contribution in [2.24, 2.45) is 5.92 Å². The van der Waals surface area contributed by atoms with Gasteiger partial charge in [0.2, 0.25) is 5.91 Å². The fourth-order valence-corrected chi connectivity index (χ4v) is 6.52. The summed E-state index contributed by atoms with van der Waals surface area (Å²) in [7, 11) is -1.92. The number of rotatable bonds is 11. The topological polar surface area (TPSA) is 84.7 Å². The minimum absolute atomic E-state index is 0.0331. The van der Waals surface area contributed by atoms with Gasteiger partial charge in [-0.05, 0) is 78.6 Å². The first kappa shape index (κ1) is 29.8. The van der Waals surface area contributed by atoms with E-state index in [0.717, 1.165) is 29.1 Å². The van der Waals surface area contributed by atoms with Gasteiger partial charge >= 0.3 is 0 Å². The first-order valence-electron chi connectivity index (χ1n) is 15.2. The molecule has 4 aromatic rings. The van der Waals surface area contributed by atoms with E-state index >= 15 is 0 Å². The predicted octanol–water partition coefficient (Wildman–Crippen LogP) is 7.43. The molecule has 3 aromatic heterocycles. The van der Waals surface area contributed by atoms with Crippen LogP contribution in [0.4, 0.5) is 11.6 Å². The molecule has 0 bridgehead atoms. The number of benzene rings is 1. The lowest BCUT2D eigenvalue weighted by atomic mass is 10.1. The van der Waals surface area contributed by atoms with Gasteiger partial charge in [0.25, 0.3) is 0 Å². The van der Waals surface area contributed by atoms with Gasteiger partial charge in [-0.15, -0.1) is 0 Å². The molecule has 0 saturated heterocycles. The Bertz CT molecular complexity index is 1630. The van der Waals surface area contributed by atoms with Gasteiger partial charge in [-0.1, -0.05) is 50.6 Å². The van der Waals surface area contributed by atoms with E-state index in [0.29, 0.717) is 36.5 Å². The van der Waals surface area contributed by atoms with Crippen LogP contribution in [0.15, 0.2) is 61.2 Å². The van der Waals surface area contributed by atoms with E-state index in [2.05, 4.69) is 83.0 Å². The van der Waals surface area contributed by atoms with Crippen LogP contribution >= 0.6 is 11.6 Å². The summed E-state index contributed by atoms with van der Waals surface area (Å²) in [5.41, 5.74) is 4.36. The number of nitrogens with one attached hydrogen (secondary N) is 1. The first-order chi connectivity index (χ1) is 20.5. The highest BCUT2D eigenvalue weighted by atomic mass is 35.5. The predicted molar refractivity (Wildman–Crippen MR) is 174 cm³/mol. The standard InChI is InChI=1S/C33H41ClN6O2Si/c1-33(2,3)43(4,5)42-14-13-39(19-26-20-40-18-24(22-9-10-22)11-12-30(40)37-26)31-17-29(35-21-36-31)38-32(41)28-16-27(28)23-7-6-8-25(34)15-23/h6-8,11-12,15,17-18,20-22,27-28H,9-10,13-14,16,19H2,1-5H3,(H,35,36,38,41). The first-order valence-corrected chi connectivity index (χ1v) is 18.5. The van der Waals surface area contributed by atoms with E-state index in [9.17, 15) is 4.79 Å². The number of carbonyl (C=O) groups excluding carboxylic acids is 1. The maximum absolute atomic E-state index is 13.1. The molecule has 6 rings (SSSR count). The summed E-state index contributed by atoms with van der Waals surface area (Å²) in [6.45, 7) is 13.1. The van der Waals surface area contributed by atoms with Crippen LogP contribution in [0.5, 0.6) is 0 Å². The molecule has 0 spiro atoms. The number of aromatic nitrogens is 4. The Balaban J connectivity index is 1.18. The maximum atomic E-state index is 13.1. The molecule has 3 heterocycles. The van der Waals surface area contributed by atoms with Crippen molar-refractivity contribution in [3.05, 3.63) is 83.0 Å². The zero-order valence-electron chi connectivity index (χ0n) is 25.7. The summed E-state index contributed by atoms with van der Waals surface area (Å²) in [4.78, 5) is 29.2. The molecule has 2 atom stereocenters. The molecular weight excluding hydrogens is 576 g/mol. The lowest BCUT2D eigenvalue weighted by molar-refractivity contribution is -0.117. The molecule has 1 N–H and O–H groups in total. The zero-order valence-corrected chi connectivity index (χ0v) is 27.4. The van der Waals surface area contributed by atoms with Gasteiger partial charge in [0.05, 0.1) is 18.8 Å². The Hall–Kier alpha value is -3.27. The number of halogens is 1. The summed E-state index contributed by atoms with van der Waals surface area (Å²) in [6, 6.07) is 13.9. The van der Waals surface area contributed by atoms with Crippen molar-refractivity contribution in [1.82, 2.24) is 19.4 Å². The summed E-state index contributed by atoms with van der Waals surface area (Å²) >= 11 is 6.17. The van der Waals surface area contributed by atoms with Gasteiger partial charge < -0.3 is 19.0 Å². The Morgan fingerprint density at radius 2 is 1.93 bits per heavy atom. The van der Waals surface area contributed by atoms with E-state index < -0.39 is 8.32 Å². The molecule has 2 unspecified atom stereocenters. The Labute approximate surface area is 260 Å². The van der Waals surface area contributed by atoms with Crippen LogP contribution in [-0.4, -0.2) is 46.7 Å². The van der Waals surface area contributed by atoms with Crippen molar-refractivity contribution in [3.8, 4) is 0 Å². The van der Waals surface area contributed by atoms with Crippen molar-refractivity contribution >= 4 is 43.1 Å². The van der Waals surface area contributed by atoms with Crippen LogP contribution in [0, 0.1) is 5.92 Å². The minimum atomic E-state index is -1.92. The number of imidazole rings is 1. The zero-order chi connectivity index (χ0) is 30.4. The third-order valence-electron chi connectivity index (χ3n) is 9.19. The second-order valence-corrected chi connectivity index (χ2v) is 18.8. The third kappa shape index (κ3) is 6.95. The molecule has 10 heteroatoms. The third-order valence-corrected chi connectivity index (χ3v) is 14.0. The Morgan fingerprint density at radius 3 is 2.67 bits per heavy atom. The average molecular weight is 617 g/mol. The number of fused-ring (bicyclic) bond motifs is 1. The monoisotopic (exact) mass is 616 g/mol. The van der Waals surface area contributed by atoms with Gasteiger partial charge in [-0.3, -0.25) is 4.79 Å². The highest BCUT2D eigenvalue weighted by Gasteiger charge is 2.44. The van der Waals surface area contributed by atoms with Crippen molar-refractivity contribution in [1.29, 1.82) is 0 Å². The van der Waals surface area contributed by atoms with E-state index in [1.807, 2.05) is 30.3 Å². The highest BCUT2D eigenvalue weighted by Crippen LogP contribution is 2.48. The molecule has 2 saturated carbocycles. The van der Waals surface area contributed by atoms with E-state index in [-0.39, 0.29) is 22.8 Å². The normalized spacial score (nSPS) is 18.6. The molecule has 0 radical (unpaired) electrons. The van der Waals surface area contributed by atoms with Gasteiger partial charge in [0.1, 0.15) is 23.6 Å². The summed E-state index contributed by atoms with van der Waals surface area (Å²) in [5.74, 6) is 1.96. The molecular formula is C33H41ClN6O2Si. The van der Waals surface area contributed by atoms with Crippen LogP contribution in [0.25, 0.3) is 5.65 Å². The van der Waals surface area contributed by atoms with Crippen LogP contribution in [0.3, 0.4) is 0 Å². The molecule has 43 heavy (non-hydrogen) atoms. The smallest absolute Gasteiger partial charge is 0.229 e. The molecule has 8 nitrogen and oxygen atoms in total. The summed E-state index contributed by atoms with van der Waals surface area (Å²) < 4.78 is 8.67. The molecule has 1 aromatic carbocycles. The molecule has 2 fully saturated rings. The lowest BCUT2D eigenvalue weighted by Crippen LogP contribution is -2.42. The lowest BCUT2D eigenvalue weighted by Gasteiger charge is -2.37. The number of carbonyl (C=O) groups is 1. The maximum Gasteiger partial charge on any atom is 0.229 e. The molecule has 2 aliphatic rings. The van der Waals surface area contributed by atoms with Crippen LogP contribution in [0.2, 0.25) is 23.2 Å². The number of nitrogens with zero attached hydrogens (tertiary/aromatic N) is 5. The van der Waals surface area contributed by atoms with Crippen LogP contribution < -0.4 is 10.2 Å². The molecule has 226 valence electrons. The fourth-order valence-electron chi connectivity index (χ4n) is 5.29. The largest absolute Gasteiger partial charge is 0.415 e. The summed E-state index contributed by atoms with van der Waals surface area (Å²) in [5, 5.41) is 3.84. The van der Waals surface area contributed by atoms with E-state index in [4.69, 9.17) is 21.0 Å². The number of anilines is 2. The number of hydrogen-bond acceptors (Lipinski definition) is 6. The van der Waals surface area contributed by atoms with Crippen LogP contribution in [-0.2, 0) is 15.8 Å². The minimum Gasteiger partial charge on any atom is -0.415 e. The van der Waals surface area contributed by atoms with Gasteiger partial charge in [0.15, 0.2) is 8.32 Å². The van der Waals surface area contributed by atoms with Crippen molar-refractivity contribution in [2.75, 3.05) is 23.4 Å². The second-order valence-electron chi connectivity index (χ2n) is 13.5. The SMILES string of the molecule is CC(C)(C)[Si](C)(C)OCCN(Cc1cn2cc(C3CC3)ccc2n1)c1cc(NC(=O)C2CC2c2cccc(Cl)c2)ncn1. The van der Waals surface area contributed by atoms with Gasteiger partial charge in [0, 0.05) is 35.9 Å². The van der Waals surface area contributed by atoms with E-state index in [1.165, 1.54) is 24.7 Å². The quantitative estimate of drug-likeness (QED) is 0.176. The van der Waals surface area contributed by atoms with Crippen LogP contribution in [0.1, 0.15) is 68.7 Å². The van der Waals surface area contributed by atoms with Crippen molar-refractivity contribution in [2.45, 2.75) is 76.5 Å². The fraction of sp³-hybridized carbons (Fsp3) is 0.455. The number of amides is 1. The molecule has 2 aliphatic carbocycles. The molecule has 1 amide bonds. The molecule has 0 aliphatic heterocycles. The summed E-state index contributed by atoms with van der Waals surface area (Å²) in [6.07, 6.45) is 9.17. The van der Waals surface area contributed by atoms with Gasteiger partial charge in [-0.2, -0.15) is 0 Å². The second kappa shape index (κ2) is 11.7. The Kier molecular flexibility index (Phi) is 8.08. The highest BCUT2D eigenvalue weighted by molar-refractivity contribution is 6.74. The van der Waals surface area contributed by atoms with Gasteiger partial charge in [-0.25, -0.2) is 15.0 Å². The van der Waals surface area contributed by atoms with Crippen molar-refractivity contribution in [3.63, 3.8) is 0 Å². The number of hydrogen-bond donors (Lipinski definition) is 1. The average Bonchev–Trinajstić information content (AvgIpc) is 3.88. The number of pyridine rings is 1. The van der Waals surface area contributed by atoms with E-state index in [1.54, 1.807) is 0 Å².